The summed E-state index contributed by atoms with van der Waals surface area (Å²) in [6, 6.07) is 7.40. The van der Waals surface area contributed by atoms with Gasteiger partial charge in [-0.25, -0.2) is 0 Å². The molecule has 0 radical (unpaired) electrons. The molecule has 0 aliphatic carbocycles. The number of benzene rings is 1. The third-order valence-corrected chi connectivity index (χ3v) is 2.02. The van der Waals surface area contributed by atoms with E-state index in [1.54, 1.807) is 12.1 Å². The molecule has 4 nitrogen and oxygen atoms in total. The number of hydrogen-bond donors (Lipinski definition) is 2. The number of nitrogens with two attached hydrogens (primary N) is 2. The van der Waals surface area contributed by atoms with E-state index in [1.807, 2.05) is 18.0 Å². The Kier molecular flexibility index (Phi) is 3.32. The Hall–Kier alpha value is -1.73. The van der Waals surface area contributed by atoms with Gasteiger partial charge in [-0.1, -0.05) is 0 Å². The molecular weight excluding hydrogens is 176 g/mol. The van der Waals surface area contributed by atoms with Crippen LogP contribution in [0.2, 0.25) is 0 Å². The van der Waals surface area contributed by atoms with Gasteiger partial charge in [0.05, 0.1) is 11.3 Å². The van der Waals surface area contributed by atoms with Crippen LogP contribution in [0.3, 0.4) is 0 Å². The SMILES string of the molecule is CN(CCN)c1ccc(N)cc1C#N. The summed E-state index contributed by atoms with van der Waals surface area (Å²) in [5.41, 5.74) is 13.1. The van der Waals surface area contributed by atoms with Crippen LogP contribution in [0.25, 0.3) is 0 Å². The fourth-order valence-electron chi connectivity index (χ4n) is 1.29. The molecule has 4 N–H and O–H groups in total. The maximum Gasteiger partial charge on any atom is 0.101 e. The fourth-order valence-corrected chi connectivity index (χ4v) is 1.29. The predicted molar refractivity (Wildman–Crippen MR) is 57.9 cm³/mol. The van der Waals surface area contributed by atoms with Crippen molar-refractivity contribution in [3.05, 3.63) is 23.8 Å². The summed E-state index contributed by atoms with van der Waals surface area (Å²) >= 11 is 0. The molecule has 0 saturated heterocycles. The molecule has 0 atom stereocenters. The first-order valence-electron chi connectivity index (χ1n) is 4.40. The molecule has 0 amide bonds. The van der Waals surface area contributed by atoms with Crippen molar-refractivity contribution in [2.75, 3.05) is 30.8 Å². The van der Waals surface area contributed by atoms with Crippen LogP contribution in [0, 0.1) is 11.3 Å². The van der Waals surface area contributed by atoms with E-state index in [4.69, 9.17) is 16.7 Å². The quantitative estimate of drug-likeness (QED) is 0.682. The summed E-state index contributed by atoms with van der Waals surface area (Å²) in [6.45, 7) is 1.28. The first kappa shape index (κ1) is 10.4. The molecule has 0 fully saturated rings. The second-order valence-electron chi connectivity index (χ2n) is 3.10. The minimum atomic E-state index is 0.561. The minimum absolute atomic E-state index is 0.561. The van der Waals surface area contributed by atoms with Crippen molar-refractivity contribution in [1.82, 2.24) is 0 Å². The lowest BCUT2D eigenvalue weighted by Crippen LogP contribution is -2.25. The number of nitrogens with zero attached hydrogens (tertiary/aromatic N) is 2. The van der Waals surface area contributed by atoms with Gasteiger partial charge in [-0.3, -0.25) is 0 Å². The molecule has 0 aliphatic rings. The zero-order valence-corrected chi connectivity index (χ0v) is 8.20. The largest absolute Gasteiger partial charge is 0.399 e. The van der Waals surface area contributed by atoms with Crippen LogP contribution < -0.4 is 16.4 Å². The summed E-state index contributed by atoms with van der Waals surface area (Å²) in [5, 5.41) is 8.90. The topological polar surface area (TPSA) is 79.1 Å². The molecule has 74 valence electrons. The Labute approximate surface area is 83.7 Å². The number of hydrogen-bond acceptors (Lipinski definition) is 4. The van der Waals surface area contributed by atoms with E-state index < -0.39 is 0 Å². The lowest BCUT2D eigenvalue weighted by molar-refractivity contribution is 0.884. The Bertz CT molecular complexity index is 354. The molecule has 0 aliphatic heterocycles. The summed E-state index contributed by atoms with van der Waals surface area (Å²) < 4.78 is 0. The van der Waals surface area contributed by atoms with Crippen molar-refractivity contribution in [3.63, 3.8) is 0 Å². The van der Waals surface area contributed by atoms with Crippen LogP contribution in [0.5, 0.6) is 0 Å². The lowest BCUT2D eigenvalue weighted by atomic mass is 10.1. The van der Waals surface area contributed by atoms with Crippen molar-refractivity contribution in [3.8, 4) is 6.07 Å². The van der Waals surface area contributed by atoms with Gasteiger partial charge < -0.3 is 16.4 Å². The predicted octanol–water partition coefficient (Wildman–Crippen LogP) is 0.535. The number of rotatable bonds is 3. The molecule has 1 aromatic rings. The van der Waals surface area contributed by atoms with Crippen LogP contribution in [0.4, 0.5) is 11.4 Å². The molecule has 0 heterocycles. The van der Waals surface area contributed by atoms with E-state index in [2.05, 4.69) is 6.07 Å². The number of anilines is 2. The number of likely N-dealkylation sites (N-methyl/N-ethyl adjacent to an activating group) is 1. The van der Waals surface area contributed by atoms with E-state index in [9.17, 15) is 0 Å². The first-order chi connectivity index (χ1) is 6.69. The first-order valence-corrected chi connectivity index (χ1v) is 4.40. The average Bonchev–Trinajstić information content (AvgIpc) is 2.17. The standard InChI is InChI=1S/C10H14N4/c1-14(5-4-11)10-3-2-9(13)6-8(10)7-12/h2-3,6H,4-5,11,13H2,1H3. The van der Waals surface area contributed by atoms with Crippen LogP contribution in [-0.4, -0.2) is 20.1 Å². The van der Waals surface area contributed by atoms with E-state index in [0.29, 0.717) is 17.8 Å². The molecule has 0 spiro atoms. The Morgan fingerprint density at radius 2 is 2.21 bits per heavy atom. The van der Waals surface area contributed by atoms with Gasteiger partial charge in [-0.05, 0) is 18.2 Å². The highest BCUT2D eigenvalue weighted by atomic mass is 15.1. The van der Waals surface area contributed by atoms with Gasteiger partial charge in [-0.2, -0.15) is 5.26 Å². The fraction of sp³-hybridized carbons (Fsp3) is 0.300. The average molecular weight is 190 g/mol. The smallest absolute Gasteiger partial charge is 0.101 e. The van der Waals surface area contributed by atoms with E-state index in [-0.39, 0.29) is 0 Å². The van der Waals surface area contributed by atoms with Crippen molar-refractivity contribution >= 4 is 11.4 Å². The van der Waals surface area contributed by atoms with Gasteiger partial charge in [0.25, 0.3) is 0 Å². The number of nitrogen functional groups attached to an aromatic ring is 1. The van der Waals surface area contributed by atoms with Gasteiger partial charge >= 0.3 is 0 Å². The van der Waals surface area contributed by atoms with Gasteiger partial charge in [-0.15, -0.1) is 0 Å². The maximum absolute atomic E-state index is 8.90. The maximum atomic E-state index is 8.90. The Balaban J connectivity index is 3.03. The molecule has 0 unspecified atom stereocenters. The summed E-state index contributed by atoms with van der Waals surface area (Å²) in [4.78, 5) is 1.94. The van der Waals surface area contributed by atoms with Crippen molar-refractivity contribution in [2.45, 2.75) is 0 Å². The van der Waals surface area contributed by atoms with Crippen molar-refractivity contribution in [1.29, 1.82) is 5.26 Å². The minimum Gasteiger partial charge on any atom is -0.399 e. The zero-order chi connectivity index (χ0) is 10.6. The van der Waals surface area contributed by atoms with Crippen LogP contribution in [0.15, 0.2) is 18.2 Å². The molecule has 0 saturated carbocycles. The molecule has 0 aromatic heterocycles. The summed E-state index contributed by atoms with van der Waals surface area (Å²) in [6.07, 6.45) is 0. The highest BCUT2D eigenvalue weighted by Crippen LogP contribution is 2.20. The highest BCUT2D eigenvalue weighted by molar-refractivity contribution is 5.64. The zero-order valence-electron chi connectivity index (χ0n) is 8.20. The van der Waals surface area contributed by atoms with Crippen LogP contribution in [-0.2, 0) is 0 Å². The normalized spacial score (nSPS) is 9.50. The van der Waals surface area contributed by atoms with Crippen molar-refractivity contribution < 1.29 is 0 Å². The Morgan fingerprint density at radius 1 is 1.50 bits per heavy atom. The molecular formula is C10H14N4. The number of nitriles is 1. The molecule has 1 aromatic carbocycles. The van der Waals surface area contributed by atoms with Crippen LogP contribution >= 0.6 is 0 Å². The summed E-state index contributed by atoms with van der Waals surface area (Å²) in [5.74, 6) is 0. The van der Waals surface area contributed by atoms with Gasteiger partial charge in [0.15, 0.2) is 0 Å². The van der Waals surface area contributed by atoms with Crippen LogP contribution in [0.1, 0.15) is 5.56 Å². The van der Waals surface area contributed by atoms with Gasteiger partial charge in [0, 0.05) is 25.8 Å². The second-order valence-corrected chi connectivity index (χ2v) is 3.10. The van der Waals surface area contributed by atoms with E-state index >= 15 is 0 Å². The van der Waals surface area contributed by atoms with E-state index in [0.717, 1.165) is 12.2 Å². The molecule has 1 rings (SSSR count). The van der Waals surface area contributed by atoms with Crippen molar-refractivity contribution in [2.24, 2.45) is 5.73 Å². The second kappa shape index (κ2) is 4.49. The molecule has 0 bridgehead atoms. The van der Waals surface area contributed by atoms with Gasteiger partial charge in [0.1, 0.15) is 6.07 Å². The highest BCUT2D eigenvalue weighted by Gasteiger charge is 2.06. The van der Waals surface area contributed by atoms with E-state index in [1.165, 1.54) is 0 Å². The Morgan fingerprint density at radius 3 is 2.79 bits per heavy atom. The molecule has 14 heavy (non-hydrogen) atoms. The third-order valence-electron chi connectivity index (χ3n) is 2.02. The third kappa shape index (κ3) is 2.15. The summed E-state index contributed by atoms with van der Waals surface area (Å²) in [7, 11) is 1.90. The monoisotopic (exact) mass is 190 g/mol. The van der Waals surface area contributed by atoms with Gasteiger partial charge in [0.2, 0.25) is 0 Å². The molecule has 4 heteroatoms. The lowest BCUT2D eigenvalue weighted by Gasteiger charge is -2.19.